The zero-order valence-electron chi connectivity index (χ0n) is 28.1. The van der Waals surface area contributed by atoms with Crippen LogP contribution in [-0.2, 0) is 16.0 Å². The number of aromatic nitrogens is 4. The first-order valence-corrected chi connectivity index (χ1v) is 17.4. The SMILES string of the molecule is NCC1CCC(C(=O)N[C@@H](Cc2cccc(-c3ccc(C(=O)N4CCN(CCO)CC4)cc3)c2)C(=O)Nc2ccc(-c3nn[nH]n3)cc2)CC1. The van der Waals surface area contributed by atoms with Gasteiger partial charge in [0.15, 0.2) is 0 Å². The first kappa shape index (κ1) is 34.9. The number of aromatic amines is 1. The van der Waals surface area contributed by atoms with Gasteiger partial charge in [-0.1, -0.05) is 36.4 Å². The molecule has 0 bridgehead atoms. The number of nitrogens with zero attached hydrogens (tertiary/aromatic N) is 5. The van der Waals surface area contributed by atoms with E-state index in [9.17, 15) is 19.5 Å². The predicted molar refractivity (Wildman–Crippen MR) is 190 cm³/mol. The van der Waals surface area contributed by atoms with Gasteiger partial charge in [-0.15, -0.1) is 10.2 Å². The van der Waals surface area contributed by atoms with Crippen LogP contribution in [0, 0.1) is 11.8 Å². The molecule has 262 valence electrons. The van der Waals surface area contributed by atoms with Crippen LogP contribution in [0.4, 0.5) is 5.69 Å². The van der Waals surface area contributed by atoms with E-state index in [1.54, 1.807) is 24.3 Å². The maximum atomic E-state index is 13.8. The van der Waals surface area contributed by atoms with Crippen LogP contribution in [0.3, 0.4) is 0 Å². The van der Waals surface area contributed by atoms with Gasteiger partial charge in [-0.3, -0.25) is 19.3 Å². The van der Waals surface area contributed by atoms with Crippen molar-refractivity contribution in [3.05, 3.63) is 83.9 Å². The smallest absolute Gasteiger partial charge is 0.253 e. The van der Waals surface area contributed by atoms with Gasteiger partial charge in [0, 0.05) is 61.9 Å². The van der Waals surface area contributed by atoms with Gasteiger partial charge in [0.2, 0.25) is 17.6 Å². The summed E-state index contributed by atoms with van der Waals surface area (Å²) in [5, 5.41) is 29.3. The molecule has 50 heavy (non-hydrogen) atoms. The van der Waals surface area contributed by atoms with Crippen molar-refractivity contribution in [2.75, 3.05) is 51.2 Å². The lowest BCUT2D eigenvalue weighted by Crippen LogP contribution is -2.49. The van der Waals surface area contributed by atoms with Crippen molar-refractivity contribution in [3.8, 4) is 22.5 Å². The van der Waals surface area contributed by atoms with E-state index < -0.39 is 6.04 Å². The molecule has 6 rings (SSSR count). The maximum Gasteiger partial charge on any atom is 0.253 e. The van der Waals surface area contributed by atoms with Crippen LogP contribution in [-0.4, -0.2) is 105 Å². The molecule has 1 atom stereocenters. The normalized spacial score (nSPS) is 18.7. The van der Waals surface area contributed by atoms with Crippen LogP contribution < -0.4 is 16.4 Å². The second kappa shape index (κ2) is 16.6. The molecular formula is C37H45N9O4. The second-order valence-electron chi connectivity index (χ2n) is 13.2. The number of aliphatic hydroxyl groups is 1. The zero-order valence-corrected chi connectivity index (χ0v) is 28.1. The Morgan fingerprint density at radius 2 is 1.62 bits per heavy atom. The van der Waals surface area contributed by atoms with E-state index >= 15 is 0 Å². The quantitative estimate of drug-likeness (QED) is 0.150. The summed E-state index contributed by atoms with van der Waals surface area (Å²) in [6, 6.07) is 21.8. The molecule has 2 fully saturated rings. The molecule has 3 amide bonds. The number of H-pyrrole nitrogens is 1. The third-order valence-corrected chi connectivity index (χ3v) is 9.85. The standard InChI is InChI=1S/C37H45N9O4/c38-24-25-4-6-29(7-5-25)35(48)40-33(36(49)39-32-14-12-28(13-15-32)34-41-43-44-42-34)23-26-2-1-3-31(22-26)27-8-10-30(11-9-27)37(50)46-18-16-45(17-19-46)20-21-47/h1-3,8-15,22,25,29,33,47H,4-7,16-21,23-24,38H2,(H,39,49)(H,40,48)(H,41,42,43,44)/t25?,29?,33-/m0/s1. The molecule has 1 aliphatic heterocycles. The summed E-state index contributed by atoms with van der Waals surface area (Å²) in [5.41, 5.74) is 10.6. The average Bonchev–Trinajstić information content (AvgIpc) is 3.71. The Bertz CT molecular complexity index is 1710. The number of benzene rings is 3. The van der Waals surface area contributed by atoms with Gasteiger partial charge in [-0.05, 0) is 96.4 Å². The van der Waals surface area contributed by atoms with Gasteiger partial charge in [0.05, 0.1) is 6.61 Å². The Morgan fingerprint density at radius 3 is 2.28 bits per heavy atom. The van der Waals surface area contributed by atoms with Gasteiger partial charge >= 0.3 is 0 Å². The van der Waals surface area contributed by atoms with Gasteiger partial charge in [0.1, 0.15) is 6.04 Å². The van der Waals surface area contributed by atoms with Crippen LogP contribution in [0.15, 0.2) is 72.8 Å². The molecule has 0 unspecified atom stereocenters. The van der Waals surface area contributed by atoms with Gasteiger partial charge < -0.3 is 26.4 Å². The highest BCUT2D eigenvalue weighted by molar-refractivity contribution is 5.98. The van der Waals surface area contributed by atoms with Gasteiger partial charge in [0.25, 0.3) is 5.91 Å². The number of hydrogen-bond donors (Lipinski definition) is 5. The topological polar surface area (TPSA) is 182 Å². The number of tetrazole rings is 1. The van der Waals surface area contributed by atoms with E-state index in [4.69, 9.17) is 5.73 Å². The highest BCUT2D eigenvalue weighted by Crippen LogP contribution is 2.29. The van der Waals surface area contributed by atoms with E-state index in [0.717, 1.165) is 61.0 Å². The number of aliphatic hydroxyl groups excluding tert-OH is 1. The fraction of sp³-hybridized carbons (Fsp3) is 0.405. The number of hydrogen-bond acceptors (Lipinski definition) is 9. The average molecular weight is 680 g/mol. The molecule has 2 aliphatic rings. The third-order valence-electron chi connectivity index (χ3n) is 9.85. The van der Waals surface area contributed by atoms with Crippen molar-refractivity contribution < 1.29 is 19.5 Å². The first-order chi connectivity index (χ1) is 24.4. The van der Waals surface area contributed by atoms with E-state index in [-0.39, 0.29) is 30.2 Å². The molecule has 1 aromatic heterocycles. The molecule has 4 aromatic rings. The van der Waals surface area contributed by atoms with Crippen molar-refractivity contribution in [2.45, 2.75) is 38.1 Å². The molecule has 6 N–H and O–H groups in total. The van der Waals surface area contributed by atoms with Crippen molar-refractivity contribution in [1.29, 1.82) is 0 Å². The Balaban J connectivity index is 1.14. The minimum Gasteiger partial charge on any atom is -0.395 e. The number of β-amino-alcohol motifs (C(OH)–C–C–N with tert-alkyl or cyclic N) is 1. The van der Waals surface area contributed by atoms with Crippen LogP contribution >= 0.6 is 0 Å². The molecule has 0 radical (unpaired) electrons. The van der Waals surface area contributed by atoms with Gasteiger partial charge in [-0.2, -0.15) is 5.21 Å². The maximum absolute atomic E-state index is 13.8. The first-order valence-electron chi connectivity index (χ1n) is 17.4. The fourth-order valence-electron chi connectivity index (χ4n) is 6.79. The molecule has 13 heteroatoms. The predicted octanol–water partition coefficient (Wildman–Crippen LogP) is 2.71. The number of carbonyl (C=O) groups is 3. The number of rotatable bonds is 12. The Hall–Kier alpha value is -4.98. The second-order valence-corrected chi connectivity index (χ2v) is 13.2. The highest BCUT2D eigenvalue weighted by Gasteiger charge is 2.29. The summed E-state index contributed by atoms with van der Waals surface area (Å²) in [7, 11) is 0. The summed E-state index contributed by atoms with van der Waals surface area (Å²) in [5.74, 6) is 0.313. The number of anilines is 1. The molecule has 13 nitrogen and oxygen atoms in total. The number of amides is 3. The fourth-order valence-corrected chi connectivity index (χ4v) is 6.79. The summed E-state index contributed by atoms with van der Waals surface area (Å²) in [6.07, 6.45) is 3.63. The molecule has 1 saturated heterocycles. The van der Waals surface area contributed by atoms with Gasteiger partial charge in [-0.25, -0.2) is 0 Å². The van der Waals surface area contributed by atoms with E-state index in [1.165, 1.54) is 0 Å². The van der Waals surface area contributed by atoms with Crippen molar-refractivity contribution in [3.63, 3.8) is 0 Å². The van der Waals surface area contributed by atoms with Crippen molar-refractivity contribution in [1.82, 2.24) is 35.7 Å². The summed E-state index contributed by atoms with van der Waals surface area (Å²) in [4.78, 5) is 44.4. The lowest BCUT2D eigenvalue weighted by atomic mass is 9.81. The minimum absolute atomic E-state index is 0.000453. The third kappa shape index (κ3) is 8.78. The largest absolute Gasteiger partial charge is 0.395 e. The van der Waals surface area contributed by atoms with Crippen LogP contribution in [0.25, 0.3) is 22.5 Å². The molecule has 3 aromatic carbocycles. The van der Waals surface area contributed by atoms with Crippen LogP contribution in [0.1, 0.15) is 41.6 Å². The summed E-state index contributed by atoms with van der Waals surface area (Å²) >= 11 is 0. The van der Waals surface area contributed by atoms with E-state index in [1.807, 2.05) is 53.4 Å². The lowest BCUT2D eigenvalue weighted by Gasteiger charge is -2.34. The zero-order chi connectivity index (χ0) is 34.9. The molecule has 2 heterocycles. The van der Waals surface area contributed by atoms with Crippen LogP contribution in [0.2, 0.25) is 0 Å². The van der Waals surface area contributed by atoms with E-state index in [2.05, 4.69) is 36.2 Å². The van der Waals surface area contributed by atoms with Crippen molar-refractivity contribution >= 4 is 23.4 Å². The van der Waals surface area contributed by atoms with E-state index in [0.29, 0.717) is 55.6 Å². The number of nitrogens with two attached hydrogens (primary N) is 1. The molecule has 1 saturated carbocycles. The monoisotopic (exact) mass is 679 g/mol. The Kier molecular flexibility index (Phi) is 11.6. The number of nitrogens with one attached hydrogen (secondary N) is 3. The Labute approximate surface area is 291 Å². The highest BCUT2D eigenvalue weighted by atomic mass is 16.3. The van der Waals surface area contributed by atoms with Crippen LogP contribution in [0.5, 0.6) is 0 Å². The number of piperazine rings is 1. The van der Waals surface area contributed by atoms with Crippen molar-refractivity contribution in [2.24, 2.45) is 17.6 Å². The molecule has 1 aliphatic carbocycles. The minimum atomic E-state index is -0.806. The molecule has 0 spiro atoms. The lowest BCUT2D eigenvalue weighted by molar-refractivity contribution is -0.130. The summed E-state index contributed by atoms with van der Waals surface area (Å²) < 4.78 is 0. The summed E-state index contributed by atoms with van der Waals surface area (Å²) in [6.45, 7) is 4.14. The Morgan fingerprint density at radius 1 is 0.900 bits per heavy atom. The molecular weight excluding hydrogens is 634 g/mol. The number of carbonyl (C=O) groups excluding carboxylic acids is 3.